The van der Waals surface area contributed by atoms with Gasteiger partial charge < -0.3 is 5.11 Å². The van der Waals surface area contributed by atoms with Gasteiger partial charge in [-0.05, 0) is 29.3 Å². The van der Waals surface area contributed by atoms with Crippen molar-refractivity contribution in [3.05, 3.63) is 23.1 Å². The van der Waals surface area contributed by atoms with Crippen molar-refractivity contribution in [1.82, 2.24) is 0 Å². The Balaban J connectivity index is 2.80. The van der Waals surface area contributed by atoms with Gasteiger partial charge in [0.05, 0.1) is 6.61 Å². The van der Waals surface area contributed by atoms with Gasteiger partial charge in [0.1, 0.15) is 0 Å². The molecule has 2 rings (SSSR count). The third-order valence-electron chi connectivity index (χ3n) is 2.14. The van der Waals surface area contributed by atoms with E-state index in [1.165, 1.54) is 0 Å². The van der Waals surface area contributed by atoms with Crippen LogP contribution >= 0.6 is 35.7 Å². The molecular formula is C10H10OS3. The highest BCUT2D eigenvalue weighted by Gasteiger charge is 2.09. The number of hydrogen-bond donors (Lipinski definition) is 2. The highest BCUT2D eigenvalue weighted by Crippen LogP contribution is 2.36. The average molecular weight is 242 g/mol. The van der Waals surface area contributed by atoms with Crippen molar-refractivity contribution in [3.8, 4) is 0 Å². The molecule has 4 heteroatoms. The van der Waals surface area contributed by atoms with Gasteiger partial charge in [-0.15, -0.1) is 35.7 Å². The van der Waals surface area contributed by atoms with Crippen LogP contribution in [0.15, 0.2) is 27.3 Å². The van der Waals surface area contributed by atoms with Gasteiger partial charge in [0, 0.05) is 19.9 Å². The molecule has 0 fully saturated rings. The quantitative estimate of drug-likeness (QED) is 0.622. The number of fused-ring (bicyclic) bond motifs is 1. The fraction of sp³-hybridized carbons (Fsp3) is 0.200. The van der Waals surface area contributed by atoms with Crippen molar-refractivity contribution < 1.29 is 5.11 Å². The van der Waals surface area contributed by atoms with Crippen molar-refractivity contribution in [2.45, 2.75) is 16.4 Å². The van der Waals surface area contributed by atoms with E-state index < -0.39 is 0 Å². The lowest BCUT2D eigenvalue weighted by Crippen LogP contribution is -1.86. The summed E-state index contributed by atoms with van der Waals surface area (Å²) < 4.78 is 1.15. The van der Waals surface area contributed by atoms with Crippen molar-refractivity contribution in [1.29, 1.82) is 0 Å². The maximum Gasteiger partial charge on any atom is 0.0696 e. The zero-order valence-electron chi connectivity index (χ0n) is 7.65. The van der Waals surface area contributed by atoms with Crippen molar-refractivity contribution >= 4 is 45.8 Å². The topological polar surface area (TPSA) is 20.2 Å². The van der Waals surface area contributed by atoms with Gasteiger partial charge in [0.25, 0.3) is 0 Å². The van der Waals surface area contributed by atoms with Gasteiger partial charge in [-0.1, -0.05) is 0 Å². The van der Waals surface area contributed by atoms with E-state index >= 15 is 0 Å². The van der Waals surface area contributed by atoms with Crippen LogP contribution in [0.5, 0.6) is 0 Å². The maximum absolute atomic E-state index is 9.24. The number of thioether (sulfide) groups is 1. The third-order valence-corrected chi connectivity index (χ3v) is 4.53. The second kappa shape index (κ2) is 4.14. The predicted molar refractivity (Wildman–Crippen MR) is 66.8 cm³/mol. The van der Waals surface area contributed by atoms with Gasteiger partial charge >= 0.3 is 0 Å². The SMILES string of the molecule is CSc1cc(CO)c2sccc2c1S. The molecule has 0 bridgehead atoms. The summed E-state index contributed by atoms with van der Waals surface area (Å²) in [6, 6.07) is 4.08. The van der Waals surface area contributed by atoms with Crippen molar-refractivity contribution in [2.24, 2.45) is 0 Å². The number of aliphatic hydroxyl groups excluding tert-OH is 1. The first-order chi connectivity index (χ1) is 6.77. The molecule has 0 saturated carbocycles. The minimum absolute atomic E-state index is 0.0959. The summed E-state index contributed by atoms with van der Waals surface area (Å²) in [7, 11) is 0. The predicted octanol–water partition coefficient (Wildman–Crippen LogP) is 3.40. The molecule has 0 saturated heterocycles. The molecule has 0 spiro atoms. The first kappa shape index (κ1) is 10.4. The molecule has 0 unspecified atom stereocenters. The van der Waals surface area contributed by atoms with E-state index in [1.807, 2.05) is 17.7 Å². The molecule has 0 atom stereocenters. The number of rotatable bonds is 2. The lowest BCUT2D eigenvalue weighted by molar-refractivity contribution is 0.283. The zero-order chi connectivity index (χ0) is 10.1. The number of hydrogen-bond acceptors (Lipinski definition) is 4. The Hall–Kier alpha value is -0.160. The van der Waals surface area contributed by atoms with E-state index in [4.69, 9.17) is 0 Å². The molecule has 0 aliphatic rings. The van der Waals surface area contributed by atoms with Gasteiger partial charge in [-0.2, -0.15) is 0 Å². The van der Waals surface area contributed by atoms with Crippen LogP contribution in [0.2, 0.25) is 0 Å². The molecule has 1 aromatic heterocycles. The first-order valence-corrected chi connectivity index (χ1v) is 6.70. The summed E-state index contributed by atoms with van der Waals surface area (Å²) >= 11 is 7.81. The van der Waals surface area contributed by atoms with Crippen LogP contribution in [0.1, 0.15) is 5.56 Å². The summed E-state index contributed by atoms with van der Waals surface area (Å²) in [5.74, 6) is 0. The molecule has 1 heterocycles. The maximum atomic E-state index is 9.24. The van der Waals surface area contributed by atoms with Gasteiger partial charge in [-0.3, -0.25) is 0 Å². The van der Waals surface area contributed by atoms with Crippen LogP contribution in [0, 0.1) is 0 Å². The standard InChI is InChI=1S/C10H10OS3/c1-13-8-4-6(5-11)10-7(9(8)12)2-3-14-10/h2-4,11-12H,5H2,1H3. The molecule has 1 nitrogen and oxygen atoms in total. The number of thiol groups is 1. The minimum atomic E-state index is 0.0959. The lowest BCUT2D eigenvalue weighted by Gasteiger charge is -2.06. The van der Waals surface area contributed by atoms with Gasteiger partial charge in [0.15, 0.2) is 0 Å². The van der Waals surface area contributed by atoms with Gasteiger partial charge in [-0.25, -0.2) is 0 Å². The summed E-state index contributed by atoms with van der Waals surface area (Å²) in [5.41, 5.74) is 0.997. The first-order valence-electron chi connectivity index (χ1n) is 4.14. The normalized spacial score (nSPS) is 11.1. The van der Waals surface area contributed by atoms with E-state index in [-0.39, 0.29) is 6.61 Å². The second-order valence-electron chi connectivity index (χ2n) is 2.91. The lowest BCUT2D eigenvalue weighted by atomic mass is 10.2. The Labute approximate surface area is 96.6 Å². The number of thiophene rings is 1. The summed E-state index contributed by atoms with van der Waals surface area (Å²) in [6.07, 6.45) is 2.02. The fourth-order valence-electron chi connectivity index (χ4n) is 1.44. The average Bonchev–Trinajstić information content (AvgIpc) is 2.68. The van der Waals surface area contributed by atoms with Crippen LogP contribution in [0.25, 0.3) is 10.1 Å². The zero-order valence-corrected chi connectivity index (χ0v) is 10.2. The Morgan fingerprint density at radius 3 is 3.00 bits per heavy atom. The van der Waals surface area contributed by atoms with E-state index in [1.54, 1.807) is 23.1 Å². The van der Waals surface area contributed by atoms with E-state index in [0.717, 1.165) is 25.4 Å². The summed E-state index contributed by atoms with van der Waals surface area (Å²) in [4.78, 5) is 2.15. The molecular weight excluding hydrogens is 232 g/mol. The second-order valence-corrected chi connectivity index (χ2v) is 5.12. The van der Waals surface area contributed by atoms with Crippen molar-refractivity contribution in [2.75, 3.05) is 6.26 Å². The molecule has 0 amide bonds. The van der Waals surface area contributed by atoms with E-state index in [2.05, 4.69) is 18.7 Å². The highest BCUT2D eigenvalue weighted by molar-refractivity contribution is 7.99. The van der Waals surface area contributed by atoms with E-state index in [9.17, 15) is 5.11 Å². The third kappa shape index (κ3) is 1.56. The molecule has 1 aromatic carbocycles. The molecule has 74 valence electrons. The number of aliphatic hydroxyl groups is 1. The van der Waals surface area contributed by atoms with Crippen LogP contribution in [-0.4, -0.2) is 11.4 Å². The largest absolute Gasteiger partial charge is 0.392 e. The van der Waals surface area contributed by atoms with Crippen molar-refractivity contribution in [3.63, 3.8) is 0 Å². The Morgan fingerprint density at radius 1 is 1.57 bits per heavy atom. The highest BCUT2D eigenvalue weighted by atomic mass is 32.2. The van der Waals surface area contributed by atoms with Crippen LogP contribution in [0.4, 0.5) is 0 Å². The molecule has 1 N–H and O–H groups in total. The molecule has 0 radical (unpaired) electrons. The Kier molecular flexibility index (Phi) is 3.07. The molecule has 14 heavy (non-hydrogen) atoms. The Bertz CT molecular complexity index is 462. The summed E-state index contributed by atoms with van der Waals surface area (Å²) in [6.45, 7) is 0.0959. The monoisotopic (exact) mass is 242 g/mol. The van der Waals surface area contributed by atoms with Gasteiger partial charge in [0.2, 0.25) is 0 Å². The Morgan fingerprint density at radius 2 is 2.36 bits per heavy atom. The number of benzene rings is 1. The molecule has 0 aliphatic heterocycles. The smallest absolute Gasteiger partial charge is 0.0696 e. The van der Waals surface area contributed by atoms with E-state index in [0.29, 0.717) is 0 Å². The molecule has 0 aliphatic carbocycles. The summed E-state index contributed by atoms with van der Waals surface area (Å²) in [5, 5.41) is 12.4. The van der Waals surface area contributed by atoms with Crippen LogP contribution in [-0.2, 0) is 6.61 Å². The van der Waals surface area contributed by atoms with Crippen LogP contribution in [0.3, 0.4) is 0 Å². The fourth-order valence-corrected chi connectivity index (χ4v) is 3.52. The minimum Gasteiger partial charge on any atom is -0.392 e. The molecule has 2 aromatic rings. The van der Waals surface area contributed by atoms with Crippen LogP contribution < -0.4 is 0 Å².